The predicted octanol–water partition coefficient (Wildman–Crippen LogP) is 0.805. The smallest absolute Gasteiger partial charge is 0.215 e. The normalized spacial score (nSPS) is 18.0. The first-order valence-electron chi connectivity index (χ1n) is 6.56. The molecule has 0 radical (unpaired) electrons. The number of nitrogens with two attached hydrogens (primary N) is 1. The van der Waals surface area contributed by atoms with Crippen LogP contribution in [-0.4, -0.2) is 55.9 Å². The van der Waals surface area contributed by atoms with Crippen LogP contribution in [0.1, 0.15) is 6.92 Å². The summed E-state index contributed by atoms with van der Waals surface area (Å²) in [6.45, 7) is 6.65. The zero-order valence-electron chi connectivity index (χ0n) is 11.6. The molecule has 2 rings (SSSR count). The van der Waals surface area contributed by atoms with Crippen molar-refractivity contribution in [2.24, 2.45) is 0 Å². The minimum Gasteiger partial charge on any atom is -0.481 e. The first-order valence-corrected chi connectivity index (χ1v) is 6.56. The standard InChI is InChI=1S/C13H22N4O2/c1-10(9-17-5-7-19-8-6-17)15-13-11(14)3-4-12(16-13)18-2/h3-4,10H,5-9,14H2,1-2H3,(H,15,16). The topological polar surface area (TPSA) is 72.6 Å². The number of hydrogen-bond acceptors (Lipinski definition) is 6. The highest BCUT2D eigenvalue weighted by molar-refractivity contribution is 5.62. The molecule has 1 unspecified atom stereocenters. The summed E-state index contributed by atoms with van der Waals surface area (Å²) >= 11 is 0. The molecule has 0 aliphatic carbocycles. The quantitative estimate of drug-likeness (QED) is 0.821. The van der Waals surface area contributed by atoms with Crippen LogP contribution in [0.3, 0.4) is 0 Å². The predicted molar refractivity (Wildman–Crippen MR) is 75.5 cm³/mol. The van der Waals surface area contributed by atoms with Crippen LogP contribution in [0.25, 0.3) is 0 Å². The zero-order valence-corrected chi connectivity index (χ0v) is 11.6. The second kappa shape index (κ2) is 6.58. The van der Waals surface area contributed by atoms with Crippen molar-refractivity contribution in [1.82, 2.24) is 9.88 Å². The van der Waals surface area contributed by atoms with Crippen molar-refractivity contribution in [1.29, 1.82) is 0 Å². The lowest BCUT2D eigenvalue weighted by Gasteiger charge is -2.29. The molecule has 19 heavy (non-hydrogen) atoms. The number of methoxy groups -OCH3 is 1. The molecular weight excluding hydrogens is 244 g/mol. The molecule has 0 amide bonds. The molecule has 0 spiro atoms. The first-order chi connectivity index (χ1) is 9.19. The van der Waals surface area contributed by atoms with Gasteiger partial charge < -0.3 is 20.5 Å². The number of nitrogen functional groups attached to an aromatic ring is 1. The molecule has 1 aromatic heterocycles. The van der Waals surface area contributed by atoms with Gasteiger partial charge in [-0.3, -0.25) is 4.90 Å². The van der Waals surface area contributed by atoms with Crippen LogP contribution < -0.4 is 15.8 Å². The molecule has 1 aromatic rings. The van der Waals surface area contributed by atoms with Crippen LogP contribution in [0.4, 0.5) is 11.5 Å². The Morgan fingerprint density at radius 3 is 2.89 bits per heavy atom. The largest absolute Gasteiger partial charge is 0.481 e. The van der Waals surface area contributed by atoms with Gasteiger partial charge in [-0.05, 0) is 13.0 Å². The van der Waals surface area contributed by atoms with E-state index < -0.39 is 0 Å². The molecule has 6 heteroatoms. The highest BCUT2D eigenvalue weighted by Gasteiger charge is 2.14. The van der Waals surface area contributed by atoms with Crippen molar-refractivity contribution in [3.63, 3.8) is 0 Å². The van der Waals surface area contributed by atoms with E-state index in [-0.39, 0.29) is 6.04 Å². The van der Waals surface area contributed by atoms with Gasteiger partial charge in [-0.1, -0.05) is 0 Å². The molecule has 1 atom stereocenters. The Morgan fingerprint density at radius 1 is 1.47 bits per heavy atom. The fraction of sp³-hybridized carbons (Fsp3) is 0.615. The minimum absolute atomic E-state index is 0.264. The average molecular weight is 266 g/mol. The molecule has 0 bridgehead atoms. The second-order valence-electron chi connectivity index (χ2n) is 4.75. The van der Waals surface area contributed by atoms with Gasteiger partial charge in [0.05, 0.1) is 26.0 Å². The number of rotatable bonds is 5. The summed E-state index contributed by atoms with van der Waals surface area (Å²) < 4.78 is 10.4. The number of pyridine rings is 1. The van der Waals surface area contributed by atoms with Gasteiger partial charge in [0, 0.05) is 31.7 Å². The Labute approximate surface area is 113 Å². The molecule has 0 aromatic carbocycles. The van der Waals surface area contributed by atoms with E-state index in [1.807, 2.05) is 0 Å². The van der Waals surface area contributed by atoms with E-state index >= 15 is 0 Å². The van der Waals surface area contributed by atoms with E-state index in [1.165, 1.54) is 0 Å². The Balaban J connectivity index is 1.92. The van der Waals surface area contributed by atoms with Crippen LogP contribution in [-0.2, 0) is 4.74 Å². The third kappa shape index (κ3) is 3.97. The maximum absolute atomic E-state index is 5.91. The van der Waals surface area contributed by atoms with Gasteiger partial charge in [0.2, 0.25) is 5.88 Å². The molecule has 3 N–H and O–H groups in total. The minimum atomic E-state index is 0.264. The fourth-order valence-electron chi connectivity index (χ4n) is 2.13. The van der Waals surface area contributed by atoms with Crippen molar-refractivity contribution < 1.29 is 9.47 Å². The van der Waals surface area contributed by atoms with Gasteiger partial charge in [-0.25, -0.2) is 0 Å². The van der Waals surface area contributed by atoms with Gasteiger partial charge in [0.1, 0.15) is 0 Å². The highest BCUT2D eigenvalue weighted by Crippen LogP contribution is 2.20. The van der Waals surface area contributed by atoms with Crippen LogP contribution >= 0.6 is 0 Å². The molecule has 1 fully saturated rings. The van der Waals surface area contributed by atoms with Gasteiger partial charge in [-0.15, -0.1) is 0 Å². The van der Waals surface area contributed by atoms with Crippen LogP contribution in [0, 0.1) is 0 Å². The summed E-state index contributed by atoms with van der Waals surface area (Å²) in [6.07, 6.45) is 0. The number of nitrogens with zero attached hydrogens (tertiary/aromatic N) is 2. The van der Waals surface area contributed by atoms with Crippen molar-refractivity contribution in [3.05, 3.63) is 12.1 Å². The van der Waals surface area contributed by atoms with E-state index in [0.717, 1.165) is 32.8 Å². The number of nitrogens with one attached hydrogen (secondary N) is 1. The molecule has 6 nitrogen and oxygen atoms in total. The second-order valence-corrected chi connectivity index (χ2v) is 4.75. The lowest BCUT2D eigenvalue weighted by atomic mass is 10.2. The van der Waals surface area contributed by atoms with Crippen molar-refractivity contribution in [2.45, 2.75) is 13.0 Å². The Hall–Kier alpha value is -1.53. The van der Waals surface area contributed by atoms with Crippen molar-refractivity contribution in [3.8, 4) is 5.88 Å². The fourth-order valence-corrected chi connectivity index (χ4v) is 2.13. The van der Waals surface area contributed by atoms with Gasteiger partial charge in [-0.2, -0.15) is 4.98 Å². The number of aromatic nitrogens is 1. The maximum Gasteiger partial charge on any atom is 0.215 e. The molecule has 0 saturated carbocycles. The SMILES string of the molecule is COc1ccc(N)c(NC(C)CN2CCOCC2)n1. The monoisotopic (exact) mass is 266 g/mol. The average Bonchev–Trinajstić information content (AvgIpc) is 2.42. The molecule has 106 valence electrons. The van der Waals surface area contributed by atoms with Gasteiger partial charge in [0.25, 0.3) is 0 Å². The summed E-state index contributed by atoms with van der Waals surface area (Å²) in [6, 6.07) is 3.82. The third-order valence-electron chi connectivity index (χ3n) is 3.13. The summed E-state index contributed by atoms with van der Waals surface area (Å²) in [4.78, 5) is 6.69. The molecular formula is C13H22N4O2. The summed E-state index contributed by atoms with van der Waals surface area (Å²) in [5.74, 6) is 1.25. The number of ether oxygens (including phenoxy) is 2. The van der Waals surface area contributed by atoms with E-state index in [2.05, 4.69) is 22.1 Å². The van der Waals surface area contributed by atoms with Crippen LogP contribution in [0.5, 0.6) is 5.88 Å². The summed E-state index contributed by atoms with van der Waals surface area (Å²) in [7, 11) is 1.60. The number of morpholine rings is 1. The summed E-state index contributed by atoms with van der Waals surface area (Å²) in [5.41, 5.74) is 6.55. The lowest BCUT2D eigenvalue weighted by Crippen LogP contribution is -2.42. The van der Waals surface area contributed by atoms with Gasteiger partial charge in [0.15, 0.2) is 5.82 Å². The number of anilines is 2. The van der Waals surface area contributed by atoms with E-state index in [4.69, 9.17) is 15.2 Å². The maximum atomic E-state index is 5.91. The molecule has 1 aliphatic rings. The van der Waals surface area contributed by atoms with Crippen molar-refractivity contribution in [2.75, 3.05) is 51.0 Å². The molecule has 1 aliphatic heterocycles. The Bertz CT molecular complexity index is 408. The number of hydrogen-bond donors (Lipinski definition) is 2. The molecule has 1 saturated heterocycles. The van der Waals surface area contributed by atoms with E-state index in [9.17, 15) is 0 Å². The van der Waals surface area contributed by atoms with E-state index in [0.29, 0.717) is 17.4 Å². The first kappa shape index (κ1) is 13.9. The van der Waals surface area contributed by atoms with Crippen LogP contribution in [0.2, 0.25) is 0 Å². The van der Waals surface area contributed by atoms with Crippen molar-refractivity contribution >= 4 is 11.5 Å². The summed E-state index contributed by atoms with van der Waals surface area (Å²) in [5, 5.41) is 3.33. The Kier molecular flexibility index (Phi) is 4.81. The van der Waals surface area contributed by atoms with Crippen LogP contribution in [0.15, 0.2) is 12.1 Å². The zero-order chi connectivity index (χ0) is 13.7. The third-order valence-corrected chi connectivity index (χ3v) is 3.13. The highest BCUT2D eigenvalue weighted by atomic mass is 16.5. The van der Waals surface area contributed by atoms with Gasteiger partial charge >= 0.3 is 0 Å². The molecule has 2 heterocycles. The Morgan fingerprint density at radius 2 is 2.21 bits per heavy atom. The lowest BCUT2D eigenvalue weighted by molar-refractivity contribution is 0.0368. The van der Waals surface area contributed by atoms with E-state index in [1.54, 1.807) is 19.2 Å².